The van der Waals surface area contributed by atoms with Gasteiger partial charge in [-0.25, -0.2) is 0 Å². The van der Waals surface area contributed by atoms with Crippen molar-refractivity contribution in [3.05, 3.63) is 90.0 Å². The lowest BCUT2D eigenvalue weighted by Gasteiger charge is -2.24. The van der Waals surface area contributed by atoms with Gasteiger partial charge in [-0.2, -0.15) is 0 Å². The molecule has 1 unspecified atom stereocenters. The average molecular weight is 401 g/mol. The predicted molar refractivity (Wildman–Crippen MR) is 120 cm³/mol. The van der Waals surface area contributed by atoms with E-state index in [-0.39, 0.29) is 11.9 Å². The molecule has 0 aliphatic carbocycles. The molecular formula is C26H28N2O2. The molecule has 1 atom stereocenters. The number of rotatable bonds is 7. The third kappa shape index (κ3) is 4.89. The molecule has 0 radical (unpaired) electrons. The van der Waals surface area contributed by atoms with Crippen molar-refractivity contribution in [2.45, 2.75) is 32.0 Å². The number of amides is 1. The number of benzene rings is 3. The summed E-state index contributed by atoms with van der Waals surface area (Å²) in [7, 11) is 1.69. The van der Waals surface area contributed by atoms with Gasteiger partial charge in [-0.3, -0.25) is 9.69 Å². The molecule has 1 aliphatic heterocycles. The van der Waals surface area contributed by atoms with Crippen molar-refractivity contribution in [1.82, 2.24) is 10.2 Å². The third-order valence-corrected chi connectivity index (χ3v) is 5.72. The number of ether oxygens (including phenoxy) is 1. The van der Waals surface area contributed by atoms with Crippen LogP contribution in [0.15, 0.2) is 78.9 Å². The molecule has 1 fully saturated rings. The molecule has 154 valence electrons. The van der Waals surface area contributed by atoms with Crippen molar-refractivity contribution in [3.63, 3.8) is 0 Å². The van der Waals surface area contributed by atoms with Gasteiger partial charge in [0.2, 0.25) is 5.91 Å². The molecule has 1 saturated heterocycles. The number of nitrogens with zero attached hydrogens (tertiary/aromatic N) is 1. The van der Waals surface area contributed by atoms with Gasteiger partial charge in [-0.15, -0.1) is 0 Å². The lowest BCUT2D eigenvalue weighted by Crippen LogP contribution is -2.42. The van der Waals surface area contributed by atoms with Gasteiger partial charge < -0.3 is 10.1 Å². The van der Waals surface area contributed by atoms with E-state index in [0.717, 1.165) is 48.4 Å². The van der Waals surface area contributed by atoms with Crippen LogP contribution in [0.2, 0.25) is 0 Å². The highest BCUT2D eigenvalue weighted by atomic mass is 16.5. The maximum atomic E-state index is 12.8. The Labute approximate surface area is 178 Å². The highest BCUT2D eigenvalue weighted by Crippen LogP contribution is 2.25. The first-order valence-electron chi connectivity index (χ1n) is 10.5. The molecule has 4 rings (SSSR count). The zero-order valence-corrected chi connectivity index (χ0v) is 17.4. The minimum absolute atomic E-state index is 0.0493. The maximum absolute atomic E-state index is 12.8. The Morgan fingerprint density at radius 2 is 1.77 bits per heavy atom. The van der Waals surface area contributed by atoms with Gasteiger partial charge in [-0.1, -0.05) is 66.7 Å². The summed E-state index contributed by atoms with van der Waals surface area (Å²) in [5.41, 5.74) is 4.66. The molecule has 1 aliphatic rings. The number of hydrogen-bond acceptors (Lipinski definition) is 3. The Morgan fingerprint density at radius 3 is 2.53 bits per heavy atom. The van der Waals surface area contributed by atoms with E-state index in [4.69, 9.17) is 4.74 Å². The van der Waals surface area contributed by atoms with Crippen LogP contribution >= 0.6 is 0 Å². The van der Waals surface area contributed by atoms with E-state index in [2.05, 4.69) is 40.5 Å². The number of likely N-dealkylation sites (tertiary alicyclic amines) is 1. The first kappa shape index (κ1) is 20.2. The van der Waals surface area contributed by atoms with Gasteiger partial charge in [0.15, 0.2) is 0 Å². The molecule has 4 heteroatoms. The van der Waals surface area contributed by atoms with E-state index in [1.165, 1.54) is 5.56 Å². The fraction of sp³-hybridized carbons (Fsp3) is 0.269. The largest absolute Gasteiger partial charge is 0.497 e. The number of carbonyl (C=O) groups excluding carboxylic acids is 1. The van der Waals surface area contributed by atoms with Gasteiger partial charge in [-0.05, 0) is 53.8 Å². The van der Waals surface area contributed by atoms with Crippen molar-refractivity contribution in [2.24, 2.45) is 0 Å². The maximum Gasteiger partial charge on any atom is 0.237 e. The third-order valence-electron chi connectivity index (χ3n) is 5.72. The minimum atomic E-state index is -0.0493. The van der Waals surface area contributed by atoms with Gasteiger partial charge in [0, 0.05) is 13.1 Å². The normalized spacial score (nSPS) is 16.4. The van der Waals surface area contributed by atoms with Gasteiger partial charge in [0.25, 0.3) is 0 Å². The number of carbonyl (C=O) groups is 1. The lowest BCUT2D eigenvalue weighted by atomic mass is 10.0. The molecule has 3 aromatic rings. The minimum Gasteiger partial charge on any atom is -0.497 e. The molecule has 30 heavy (non-hydrogen) atoms. The van der Waals surface area contributed by atoms with Crippen LogP contribution in [0.25, 0.3) is 11.1 Å². The van der Waals surface area contributed by atoms with E-state index in [1.54, 1.807) is 7.11 Å². The smallest absolute Gasteiger partial charge is 0.237 e. The molecule has 0 saturated carbocycles. The van der Waals surface area contributed by atoms with Crippen LogP contribution in [0.4, 0.5) is 0 Å². The monoisotopic (exact) mass is 400 g/mol. The first-order chi connectivity index (χ1) is 14.7. The summed E-state index contributed by atoms with van der Waals surface area (Å²) >= 11 is 0. The van der Waals surface area contributed by atoms with Crippen LogP contribution in [0, 0.1) is 0 Å². The molecular weight excluding hydrogens is 372 g/mol. The van der Waals surface area contributed by atoms with Crippen molar-refractivity contribution in [3.8, 4) is 16.9 Å². The summed E-state index contributed by atoms with van der Waals surface area (Å²) in [4.78, 5) is 15.0. The summed E-state index contributed by atoms with van der Waals surface area (Å²) in [6.45, 7) is 2.34. The Hall–Kier alpha value is -3.11. The van der Waals surface area contributed by atoms with Crippen molar-refractivity contribution in [2.75, 3.05) is 13.7 Å². The second-order valence-electron chi connectivity index (χ2n) is 7.76. The first-order valence-corrected chi connectivity index (χ1v) is 10.5. The Morgan fingerprint density at radius 1 is 0.967 bits per heavy atom. The lowest BCUT2D eigenvalue weighted by molar-refractivity contribution is -0.125. The summed E-state index contributed by atoms with van der Waals surface area (Å²) in [5.74, 6) is 0.988. The van der Waals surface area contributed by atoms with Gasteiger partial charge >= 0.3 is 0 Å². The van der Waals surface area contributed by atoms with E-state index in [9.17, 15) is 4.79 Å². The summed E-state index contributed by atoms with van der Waals surface area (Å²) in [6, 6.07) is 26.7. The fourth-order valence-corrected chi connectivity index (χ4v) is 4.05. The Balaban J connectivity index is 1.37. The van der Waals surface area contributed by atoms with E-state index >= 15 is 0 Å². The molecule has 1 N–H and O–H groups in total. The second kappa shape index (κ2) is 9.59. The summed E-state index contributed by atoms with van der Waals surface area (Å²) in [5, 5.41) is 3.11. The van der Waals surface area contributed by atoms with Gasteiger partial charge in [0.05, 0.1) is 13.2 Å². The van der Waals surface area contributed by atoms with E-state index < -0.39 is 0 Å². The Kier molecular flexibility index (Phi) is 6.45. The fourth-order valence-electron chi connectivity index (χ4n) is 4.05. The number of hydrogen-bond donors (Lipinski definition) is 1. The molecule has 0 bridgehead atoms. The van der Waals surface area contributed by atoms with Gasteiger partial charge in [0.1, 0.15) is 5.75 Å². The molecule has 1 heterocycles. The van der Waals surface area contributed by atoms with Crippen molar-refractivity contribution >= 4 is 5.91 Å². The highest BCUT2D eigenvalue weighted by Gasteiger charge is 2.30. The van der Waals surface area contributed by atoms with Crippen LogP contribution in [-0.2, 0) is 17.9 Å². The number of nitrogens with one attached hydrogen (secondary N) is 1. The summed E-state index contributed by atoms with van der Waals surface area (Å²) in [6.07, 6.45) is 1.98. The van der Waals surface area contributed by atoms with Crippen LogP contribution in [0.5, 0.6) is 5.75 Å². The van der Waals surface area contributed by atoms with Crippen molar-refractivity contribution < 1.29 is 9.53 Å². The average Bonchev–Trinajstić information content (AvgIpc) is 3.27. The molecule has 0 aromatic heterocycles. The highest BCUT2D eigenvalue weighted by molar-refractivity contribution is 5.82. The van der Waals surface area contributed by atoms with Crippen LogP contribution in [-0.4, -0.2) is 30.5 Å². The quantitative estimate of drug-likeness (QED) is 0.628. The second-order valence-corrected chi connectivity index (χ2v) is 7.76. The zero-order chi connectivity index (χ0) is 20.8. The van der Waals surface area contributed by atoms with Crippen molar-refractivity contribution in [1.29, 1.82) is 0 Å². The SMILES string of the molecule is COc1cccc(-c2ccc(CN3CCCC3C(=O)NCc3ccccc3)cc2)c1. The molecule has 3 aromatic carbocycles. The van der Waals surface area contributed by atoms with Crippen LogP contribution in [0.1, 0.15) is 24.0 Å². The molecule has 4 nitrogen and oxygen atoms in total. The zero-order valence-electron chi connectivity index (χ0n) is 17.4. The standard InChI is InChI=1S/C26H28N2O2/c1-30-24-10-5-9-23(17-24)22-14-12-21(13-15-22)19-28-16-6-11-25(28)26(29)27-18-20-7-3-2-4-8-20/h2-5,7-10,12-15,17,25H,6,11,16,18-19H2,1H3,(H,27,29). The molecule has 0 spiro atoms. The molecule has 1 amide bonds. The van der Waals surface area contributed by atoms with Crippen LogP contribution in [0.3, 0.4) is 0 Å². The van der Waals surface area contributed by atoms with E-state index in [1.807, 2.05) is 48.5 Å². The number of methoxy groups -OCH3 is 1. The van der Waals surface area contributed by atoms with E-state index in [0.29, 0.717) is 6.54 Å². The summed E-state index contributed by atoms with van der Waals surface area (Å²) < 4.78 is 5.33. The topological polar surface area (TPSA) is 41.6 Å². The predicted octanol–water partition coefficient (Wildman–Crippen LogP) is 4.64. The van der Waals surface area contributed by atoms with Crippen LogP contribution < -0.4 is 10.1 Å². The Bertz CT molecular complexity index is 970.